The molecule has 0 atom stereocenters. The molecule has 7 nitrogen and oxygen atoms in total. The Hall–Kier alpha value is -3.57. The van der Waals surface area contributed by atoms with Crippen molar-refractivity contribution in [2.75, 3.05) is 25.1 Å². The Morgan fingerprint density at radius 2 is 1.96 bits per heavy atom. The summed E-state index contributed by atoms with van der Waals surface area (Å²) in [5, 5.41) is 13.9. The molecule has 1 aliphatic heterocycles. The van der Waals surface area contributed by atoms with Crippen LogP contribution in [-0.4, -0.2) is 30.7 Å². The van der Waals surface area contributed by atoms with E-state index >= 15 is 0 Å². The Kier molecular flexibility index (Phi) is 5.08. The van der Waals surface area contributed by atoms with Gasteiger partial charge >= 0.3 is 0 Å². The van der Waals surface area contributed by atoms with Gasteiger partial charge in [-0.05, 0) is 42.5 Å². The molecule has 0 unspecified atom stereocenters. The van der Waals surface area contributed by atoms with E-state index in [9.17, 15) is 4.79 Å². The number of thiazole rings is 1. The number of carbonyl (C=O) groups excluding carboxylic acids is 1. The lowest BCUT2D eigenvalue weighted by Crippen LogP contribution is -2.20. The van der Waals surface area contributed by atoms with Crippen LogP contribution in [0.2, 0.25) is 0 Å². The van der Waals surface area contributed by atoms with Gasteiger partial charge in [0.15, 0.2) is 23.2 Å². The number of benzene rings is 2. The summed E-state index contributed by atoms with van der Waals surface area (Å²) in [6, 6.07) is 14.2. The molecule has 3 aromatic rings. The smallest absolute Gasteiger partial charge is 0.264 e. The molecule has 4 rings (SSSR count). The van der Waals surface area contributed by atoms with Crippen molar-refractivity contribution >= 4 is 22.4 Å². The molecule has 0 saturated carbocycles. The summed E-state index contributed by atoms with van der Waals surface area (Å²) in [4.78, 5) is 16.5. The predicted octanol–water partition coefficient (Wildman–Crippen LogP) is 3.47. The van der Waals surface area contributed by atoms with Crippen molar-refractivity contribution in [2.45, 2.75) is 0 Å². The first-order valence-electron chi connectivity index (χ1n) is 8.49. The zero-order valence-electron chi connectivity index (χ0n) is 14.7. The third kappa shape index (κ3) is 4.05. The standard InChI is InChI=1S/C20H15N3O4S/c21-10-13-1-4-15(5-2-13)27-11-19(24)23-20-22-16(12-28-20)14-3-6-17-18(9-14)26-8-7-25-17/h1-6,9,12H,7-8,11H2,(H,22,23,24). The van der Waals surface area contributed by atoms with E-state index in [1.807, 2.05) is 29.6 Å². The SMILES string of the molecule is N#Cc1ccc(OCC(=O)Nc2nc(-c3ccc4c(c3)OCCO4)cs2)cc1. The molecule has 2 aromatic carbocycles. The summed E-state index contributed by atoms with van der Waals surface area (Å²) < 4.78 is 16.5. The van der Waals surface area contributed by atoms with E-state index in [0.717, 1.165) is 17.0 Å². The molecule has 2 heterocycles. The van der Waals surface area contributed by atoms with Gasteiger partial charge in [-0.1, -0.05) is 0 Å². The minimum Gasteiger partial charge on any atom is -0.486 e. The Labute approximate surface area is 165 Å². The summed E-state index contributed by atoms with van der Waals surface area (Å²) >= 11 is 1.33. The molecular formula is C20H15N3O4S. The first-order valence-corrected chi connectivity index (χ1v) is 9.37. The molecular weight excluding hydrogens is 378 g/mol. The van der Waals surface area contributed by atoms with E-state index in [-0.39, 0.29) is 12.5 Å². The average molecular weight is 393 g/mol. The van der Waals surface area contributed by atoms with E-state index in [0.29, 0.717) is 35.4 Å². The first kappa shape index (κ1) is 17.8. The summed E-state index contributed by atoms with van der Waals surface area (Å²) in [5.74, 6) is 1.62. The van der Waals surface area contributed by atoms with Crippen LogP contribution in [-0.2, 0) is 4.79 Å². The fraction of sp³-hybridized carbons (Fsp3) is 0.150. The van der Waals surface area contributed by atoms with Crippen LogP contribution in [0.3, 0.4) is 0 Å². The number of hydrogen-bond donors (Lipinski definition) is 1. The predicted molar refractivity (Wildman–Crippen MR) is 104 cm³/mol. The molecule has 0 aliphatic carbocycles. The van der Waals surface area contributed by atoms with Crippen molar-refractivity contribution in [1.29, 1.82) is 5.26 Å². The Bertz CT molecular complexity index is 1040. The molecule has 1 aliphatic rings. The number of fused-ring (bicyclic) bond motifs is 1. The maximum absolute atomic E-state index is 12.1. The van der Waals surface area contributed by atoms with E-state index in [1.165, 1.54) is 11.3 Å². The topological polar surface area (TPSA) is 93.5 Å². The van der Waals surface area contributed by atoms with Crippen LogP contribution < -0.4 is 19.5 Å². The highest BCUT2D eigenvalue weighted by Crippen LogP contribution is 2.35. The zero-order chi connectivity index (χ0) is 19.3. The van der Waals surface area contributed by atoms with E-state index in [4.69, 9.17) is 19.5 Å². The van der Waals surface area contributed by atoms with Gasteiger partial charge < -0.3 is 14.2 Å². The van der Waals surface area contributed by atoms with Gasteiger partial charge in [0.25, 0.3) is 5.91 Å². The molecule has 1 aromatic heterocycles. The fourth-order valence-electron chi connectivity index (χ4n) is 2.60. The Morgan fingerprint density at radius 1 is 1.18 bits per heavy atom. The summed E-state index contributed by atoms with van der Waals surface area (Å²) in [7, 11) is 0. The van der Waals surface area contributed by atoms with Gasteiger partial charge in [-0.25, -0.2) is 4.98 Å². The average Bonchev–Trinajstić information content (AvgIpc) is 3.20. The summed E-state index contributed by atoms with van der Waals surface area (Å²) in [5.41, 5.74) is 2.16. The van der Waals surface area contributed by atoms with Gasteiger partial charge in [0.1, 0.15) is 19.0 Å². The van der Waals surface area contributed by atoms with Gasteiger partial charge in [-0.3, -0.25) is 10.1 Å². The van der Waals surface area contributed by atoms with Crippen molar-refractivity contribution in [3.8, 4) is 34.6 Å². The second-order valence-corrected chi connectivity index (χ2v) is 6.73. The molecule has 140 valence electrons. The van der Waals surface area contributed by atoms with Crippen molar-refractivity contribution in [2.24, 2.45) is 0 Å². The van der Waals surface area contributed by atoms with Crippen molar-refractivity contribution in [3.63, 3.8) is 0 Å². The van der Waals surface area contributed by atoms with Crippen LogP contribution in [0.1, 0.15) is 5.56 Å². The third-order valence-electron chi connectivity index (χ3n) is 3.94. The monoisotopic (exact) mass is 393 g/mol. The molecule has 0 saturated heterocycles. The van der Waals surface area contributed by atoms with Crippen LogP contribution in [0.5, 0.6) is 17.2 Å². The highest BCUT2D eigenvalue weighted by Gasteiger charge is 2.14. The zero-order valence-corrected chi connectivity index (χ0v) is 15.5. The minimum absolute atomic E-state index is 0.148. The molecule has 1 N–H and O–H groups in total. The maximum Gasteiger partial charge on any atom is 0.264 e. The van der Waals surface area contributed by atoms with Crippen LogP contribution in [0.15, 0.2) is 47.8 Å². The van der Waals surface area contributed by atoms with Gasteiger partial charge in [-0.15, -0.1) is 11.3 Å². The second-order valence-electron chi connectivity index (χ2n) is 5.87. The normalized spacial score (nSPS) is 12.1. The summed E-state index contributed by atoms with van der Waals surface area (Å²) in [6.45, 7) is 0.919. The molecule has 28 heavy (non-hydrogen) atoms. The molecule has 0 fully saturated rings. The highest BCUT2D eigenvalue weighted by molar-refractivity contribution is 7.14. The number of rotatable bonds is 5. The molecule has 8 heteroatoms. The van der Waals surface area contributed by atoms with Crippen molar-refractivity contribution in [3.05, 3.63) is 53.4 Å². The van der Waals surface area contributed by atoms with Crippen LogP contribution >= 0.6 is 11.3 Å². The number of nitrogens with zero attached hydrogens (tertiary/aromatic N) is 2. The number of ether oxygens (including phenoxy) is 3. The summed E-state index contributed by atoms with van der Waals surface area (Å²) in [6.07, 6.45) is 0. The number of carbonyl (C=O) groups is 1. The lowest BCUT2D eigenvalue weighted by atomic mass is 10.1. The Balaban J connectivity index is 1.36. The van der Waals surface area contributed by atoms with E-state index in [2.05, 4.69) is 10.3 Å². The van der Waals surface area contributed by atoms with Gasteiger partial charge in [0, 0.05) is 10.9 Å². The number of nitriles is 1. The van der Waals surface area contributed by atoms with Gasteiger partial charge in [-0.2, -0.15) is 5.26 Å². The number of nitrogens with one attached hydrogen (secondary N) is 1. The minimum atomic E-state index is -0.313. The van der Waals surface area contributed by atoms with Crippen LogP contribution in [0, 0.1) is 11.3 Å². The number of amides is 1. The van der Waals surface area contributed by atoms with Crippen molar-refractivity contribution in [1.82, 2.24) is 4.98 Å². The Morgan fingerprint density at radius 3 is 2.75 bits per heavy atom. The van der Waals surface area contributed by atoms with E-state index in [1.54, 1.807) is 24.3 Å². The first-order chi connectivity index (χ1) is 13.7. The second kappa shape index (κ2) is 7.98. The number of aromatic nitrogens is 1. The molecule has 0 spiro atoms. The quantitative estimate of drug-likeness (QED) is 0.713. The lowest BCUT2D eigenvalue weighted by molar-refractivity contribution is -0.118. The number of anilines is 1. The fourth-order valence-corrected chi connectivity index (χ4v) is 3.33. The molecule has 0 radical (unpaired) electrons. The molecule has 0 bridgehead atoms. The largest absolute Gasteiger partial charge is 0.486 e. The third-order valence-corrected chi connectivity index (χ3v) is 4.70. The maximum atomic E-state index is 12.1. The van der Waals surface area contributed by atoms with E-state index < -0.39 is 0 Å². The lowest BCUT2D eigenvalue weighted by Gasteiger charge is -2.18. The van der Waals surface area contributed by atoms with Gasteiger partial charge in [0.05, 0.1) is 17.3 Å². The van der Waals surface area contributed by atoms with Gasteiger partial charge in [0.2, 0.25) is 0 Å². The number of hydrogen-bond acceptors (Lipinski definition) is 7. The van der Waals surface area contributed by atoms with Crippen LogP contribution in [0.4, 0.5) is 5.13 Å². The van der Waals surface area contributed by atoms with Crippen LogP contribution in [0.25, 0.3) is 11.3 Å². The van der Waals surface area contributed by atoms with Crippen molar-refractivity contribution < 1.29 is 19.0 Å². The highest BCUT2D eigenvalue weighted by atomic mass is 32.1. The molecule has 1 amide bonds.